The van der Waals surface area contributed by atoms with Gasteiger partial charge in [-0.3, -0.25) is 0 Å². The van der Waals surface area contributed by atoms with E-state index in [1.807, 2.05) is 0 Å². The van der Waals surface area contributed by atoms with Crippen molar-refractivity contribution in [3.8, 4) is 5.75 Å². The maximum Gasteiger partial charge on any atom is 0.119 e. The first-order valence-electron chi connectivity index (χ1n) is 8.14. The van der Waals surface area contributed by atoms with Gasteiger partial charge in [0.15, 0.2) is 0 Å². The van der Waals surface area contributed by atoms with Gasteiger partial charge in [-0.05, 0) is 48.9 Å². The van der Waals surface area contributed by atoms with Crippen LogP contribution < -0.4 is 4.74 Å². The highest BCUT2D eigenvalue weighted by molar-refractivity contribution is 5.27. The van der Waals surface area contributed by atoms with Gasteiger partial charge in [-0.25, -0.2) is 0 Å². The zero-order chi connectivity index (χ0) is 14.8. The van der Waals surface area contributed by atoms with Gasteiger partial charge in [-0.1, -0.05) is 62.2 Å². The monoisotopic (exact) mass is 282 g/mol. The van der Waals surface area contributed by atoms with Crippen LogP contribution in [0.5, 0.6) is 5.75 Å². The topological polar surface area (TPSA) is 9.23 Å². The van der Waals surface area contributed by atoms with E-state index in [-0.39, 0.29) is 0 Å². The first kappa shape index (κ1) is 15.6. The van der Waals surface area contributed by atoms with Crippen LogP contribution in [-0.4, -0.2) is 6.61 Å². The SMILES string of the molecule is CCCCCOc1ccc(CCCc2ccccc2)cc1. The molecule has 2 aromatic rings. The summed E-state index contributed by atoms with van der Waals surface area (Å²) >= 11 is 0. The molecule has 0 amide bonds. The summed E-state index contributed by atoms with van der Waals surface area (Å²) in [6, 6.07) is 19.3. The van der Waals surface area contributed by atoms with Gasteiger partial charge >= 0.3 is 0 Å². The van der Waals surface area contributed by atoms with Gasteiger partial charge in [0, 0.05) is 0 Å². The minimum atomic E-state index is 0.835. The van der Waals surface area contributed by atoms with E-state index in [4.69, 9.17) is 4.74 Å². The first-order chi connectivity index (χ1) is 10.4. The van der Waals surface area contributed by atoms with E-state index >= 15 is 0 Å². The van der Waals surface area contributed by atoms with E-state index in [1.54, 1.807) is 0 Å². The third-order valence-corrected chi connectivity index (χ3v) is 3.71. The fourth-order valence-electron chi connectivity index (χ4n) is 2.44. The molecule has 0 N–H and O–H groups in total. The van der Waals surface area contributed by atoms with Crippen molar-refractivity contribution >= 4 is 0 Å². The fraction of sp³-hybridized carbons (Fsp3) is 0.400. The van der Waals surface area contributed by atoms with Gasteiger partial charge < -0.3 is 4.74 Å². The molecule has 0 heterocycles. The lowest BCUT2D eigenvalue weighted by Crippen LogP contribution is -1.97. The zero-order valence-electron chi connectivity index (χ0n) is 13.1. The van der Waals surface area contributed by atoms with Crippen LogP contribution in [0.3, 0.4) is 0 Å². The van der Waals surface area contributed by atoms with E-state index in [1.165, 1.54) is 30.4 Å². The second-order valence-corrected chi connectivity index (χ2v) is 5.54. The second kappa shape index (κ2) is 9.23. The Morgan fingerprint density at radius 1 is 0.714 bits per heavy atom. The third-order valence-electron chi connectivity index (χ3n) is 3.71. The van der Waals surface area contributed by atoms with Crippen LogP contribution in [0, 0.1) is 0 Å². The number of ether oxygens (including phenoxy) is 1. The molecule has 0 unspecified atom stereocenters. The minimum absolute atomic E-state index is 0.835. The lowest BCUT2D eigenvalue weighted by molar-refractivity contribution is 0.306. The highest BCUT2D eigenvalue weighted by atomic mass is 16.5. The molecule has 0 aliphatic rings. The highest BCUT2D eigenvalue weighted by Crippen LogP contribution is 2.15. The number of aryl methyl sites for hydroxylation is 2. The lowest BCUT2D eigenvalue weighted by Gasteiger charge is -2.07. The molecule has 0 aromatic heterocycles. The van der Waals surface area contributed by atoms with E-state index in [0.717, 1.165) is 31.6 Å². The molecule has 0 spiro atoms. The number of hydrogen-bond acceptors (Lipinski definition) is 1. The fourth-order valence-corrected chi connectivity index (χ4v) is 2.44. The van der Waals surface area contributed by atoms with Crippen LogP contribution in [0.15, 0.2) is 54.6 Å². The van der Waals surface area contributed by atoms with Crippen LogP contribution in [-0.2, 0) is 12.8 Å². The van der Waals surface area contributed by atoms with Crippen LogP contribution >= 0.6 is 0 Å². The minimum Gasteiger partial charge on any atom is -0.494 e. The van der Waals surface area contributed by atoms with Gasteiger partial charge in [0.1, 0.15) is 5.75 Å². The summed E-state index contributed by atoms with van der Waals surface area (Å²) in [4.78, 5) is 0. The Morgan fingerprint density at radius 2 is 1.38 bits per heavy atom. The van der Waals surface area contributed by atoms with Crippen molar-refractivity contribution in [3.63, 3.8) is 0 Å². The molecule has 0 atom stereocenters. The molecule has 0 radical (unpaired) electrons. The van der Waals surface area contributed by atoms with E-state index in [2.05, 4.69) is 61.5 Å². The van der Waals surface area contributed by atoms with Crippen LogP contribution in [0.4, 0.5) is 0 Å². The molecule has 0 aliphatic heterocycles. The Bertz CT molecular complexity index is 487. The lowest BCUT2D eigenvalue weighted by atomic mass is 10.0. The predicted octanol–water partition coefficient (Wildman–Crippen LogP) is 5.43. The standard InChI is InChI=1S/C20H26O/c1-2-3-7-17-21-20-15-13-19(14-16-20)12-8-11-18-9-5-4-6-10-18/h4-6,9-10,13-16H,2-3,7-8,11-12,17H2,1H3. The summed E-state index contributed by atoms with van der Waals surface area (Å²) in [5, 5.41) is 0. The predicted molar refractivity (Wildman–Crippen MR) is 89.9 cm³/mol. The molecule has 2 rings (SSSR count). The van der Waals surface area contributed by atoms with Crippen molar-refractivity contribution in [2.45, 2.75) is 45.4 Å². The average Bonchev–Trinajstić information content (AvgIpc) is 2.54. The molecule has 21 heavy (non-hydrogen) atoms. The maximum absolute atomic E-state index is 5.74. The Hall–Kier alpha value is -1.76. The van der Waals surface area contributed by atoms with Gasteiger partial charge in [-0.15, -0.1) is 0 Å². The summed E-state index contributed by atoms with van der Waals surface area (Å²) in [6.07, 6.45) is 7.11. The van der Waals surface area contributed by atoms with Crippen LogP contribution in [0.1, 0.15) is 43.7 Å². The number of benzene rings is 2. The van der Waals surface area contributed by atoms with E-state index in [0.29, 0.717) is 0 Å². The summed E-state index contributed by atoms with van der Waals surface area (Å²) < 4.78 is 5.74. The quantitative estimate of drug-likeness (QED) is 0.557. The van der Waals surface area contributed by atoms with Gasteiger partial charge in [0.2, 0.25) is 0 Å². The summed E-state index contributed by atoms with van der Waals surface area (Å²) in [5.74, 6) is 0.998. The number of unbranched alkanes of at least 4 members (excludes halogenated alkanes) is 2. The second-order valence-electron chi connectivity index (χ2n) is 5.54. The Kier molecular flexibility index (Phi) is 6.87. The number of hydrogen-bond donors (Lipinski definition) is 0. The largest absolute Gasteiger partial charge is 0.494 e. The van der Waals surface area contributed by atoms with Gasteiger partial charge in [-0.2, -0.15) is 0 Å². The van der Waals surface area contributed by atoms with Crippen molar-refractivity contribution in [2.75, 3.05) is 6.61 Å². The maximum atomic E-state index is 5.74. The smallest absolute Gasteiger partial charge is 0.119 e. The molecule has 112 valence electrons. The van der Waals surface area contributed by atoms with Crippen LogP contribution in [0.25, 0.3) is 0 Å². The summed E-state index contributed by atoms with van der Waals surface area (Å²) in [5.41, 5.74) is 2.82. The molecule has 2 aromatic carbocycles. The molecule has 0 aliphatic carbocycles. The Labute approximate surface area is 129 Å². The number of rotatable bonds is 9. The summed E-state index contributed by atoms with van der Waals surface area (Å²) in [6.45, 7) is 3.05. The highest BCUT2D eigenvalue weighted by Gasteiger charge is 1.97. The Morgan fingerprint density at radius 3 is 2.05 bits per heavy atom. The van der Waals surface area contributed by atoms with E-state index < -0.39 is 0 Å². The van der Waals surface area contributed by atoms with Gasteiger partial charge in [0.25, 0.3) is 0 Å². The normalized spacial score (nSPS) is 10.5. The van der Waals surface area contributed by atoms with Crippen LogP contribution in [0.2, 0.25) is 0 Å². The van der Waals surface area contributed by atoms with Crippen molar-refractivity contribution < 1.29 is 4.74 Å². The molecule has 1 nitrogen and oxygen atoms in total. The van der Waals surface area contributed by atoms with Crippen molar-refractivity contribution in [3.05, 3.63) is 65.7 Å². The molecule has 0 saturated carbocycles. The zero-order valence-corrected chi connectivity index (χ0v) is 13.1. The first-order valence-corrected chi connectivity index (χ1v) is 8.14. The van der Waals surface area contributed by atoms with Gasteiger partial charge in [0.05, 0.1) is 6.61 Å². The van der Waals surface area contributed by atoms with Crippen molar-refractivity contribution in [1.29, 1.82) is 0 Å². The molecule has 0 saturated heterocycles. The summed E-state index contributed by atoms with van der Waals surface area (Å²) in [7, 11) is 0. The molecule has 0 bridgehead atoms. The van der Waals surface area contributed by atoms with Crippen molar-refractivity contribution in [1.82, 2.24) is 0 Å². The Balaban J connectivity index is 1.69. The van der Waals surface area contributed by atoms with Crippen molar-refractivity contribution in [2.24, 2.45) is 0 Å². The average molecular weight is 282 g/mol. The van der Waals surface area contributed by atoms with E-state index in [9.17, 15) is 0 Å². The molecule has 0 fully saturated rings. The third kappa shape index (κ3) is 6.03. The molecule has 1 heteroatoms. The molecular formula is C20H26O. The molecular weight excluding hydrogens is 256 g/mol.